The Morgan fingerprint density at radius 1 is 1.04 bits per heavy atom. The first-order chi connectivity index (χ1) is 12.3. The Labute approximate surface area is 156 Å². The van der Waals surface area contributed by atoms with E-state index in [4.69, 9.17) is 0 Å². The van der Waals surface area contributed by atoms with Crippen LogP contribution in [0.15, 0.2) is 23.3 Å². The van der Waals surface area contributed by atoms with E-state index in [2.05, 4.69) is 10.5 Å². The first kappa shape index (κ1) is 20.4. The summed E-state index contributed by atoms with van der Waals surface area (Å²) in [5.74, 6) is -0.427. The number of rotatable bonds is 5. The summed E-state index contributed by atoms with van der Waals surface area (Å²) < 4.78 is 25.5. The number of hydrogen-bond donors (Lipinski definition) is 1. The summed E-state index contributed by atoms with van der Waals surface area (Å²) in [7, 11) is -3.58. The van der Waals surface area contributed by atoms with E-state index in [-0.39, 0.29) is 6.54 Å². The summed E-state index contributed by atoms with van der Waals surface area (Å²) in [5, 5.41) is 4.24. The van der Waals surface area contributed by atoms with Gasteiger partial charge in [0.05, 0.1) is 11.9 Å². The van der Waals surface area contributed by atoms with Gasteiger partial charge in [-0.1, -0.05) is 25.3 Å². The summed E-state index contributed by atoms with van der Waals surface area (Å²) in [6, 6.07) is 5.49. The van der Waals surface area contributed by atoms with Gasteiger partial charge in [-0.2, -0.15) is 5.10 Å². The number of hydrogen-bond acceptors (Lipinski definition) is 4. The van der Waals surface area contributed by atoms with Crippen LogP contribution >= 0.6 is 0 Å². The van der Waals surface area contributed by atoms with Crippen LogP contribution in [-0.2, 0) is 14.8 Å². The fraction of sp³-hybridized carbons (Fsp3) is 0.579. The predicted octanol–water partition coefficient (Wildman–Crippen LogP) is 3.29. The topological polar surface area (TPSA) is 78.8 Å². The second-order valence-electron chi connectivity index (χ2n) is 7.10. The molecule has 1 aromatic rings. The van der Waals surface area contributed by atoms with Crippen molar-refractivity contribution in [2.24, 2.45) is 5.10 Å². The number of carbonyl (C=O) groups excluding carboxylic acids is 1. The second kappa shape index (κ2) is 9.16. The average molecular weight is 380 g/mol. The molecule has 1 N–H and O–H groups in total. The predicted molar refractivity (Wildman–Crippen MR) is 106 cm³/mol. The van der Waals surface area contributed by atoms with Gasteiger partial charge in [-0.15, -0.1) is 0 Å². The Hall–Kier alpha value is -1.89. The minimum atomic E-state index is -3.58. The van der Waals surface area contributed by atoms with Gasteiger partial charge < -0.3 is 0 Å². The lowest BCUT2D eigenvalue weighted by Crippen LogP contribution is -2.39. The van der Waals surface area contributed by atoms with E-state index < -0.39 is 15.9 Å². The molecule has 0 heterocycles. The van der Waals surface area contributed by atoms with Gasteiger partial charge in [0.15, 0.2) is 0 Å². The average Bonchev–Trinajstić information content (AvgIpc) is 2.49. The molecular formula is C19H29N3O3S. The minimum absolute atomic E-state index is 0.279. The molecule has 0 saturated heterocycles. The fourth-order valence-electron chi connectivity index (χ4n) is 3.23. The van der Waals surface area contributed by atoms with Gasteiger partial charge in [0.2, 0.25) is 10.0 Å². The van der Waals surface area contributed by atoms with Crippen LogP contribution < -0.4 is 9.73 Å². The van der Waals surface area contributed by atoms with Crippen LogP contribution in [0.1, 0.15) is 56.1 Å². The zero-order valence-corrected chi connectivity index (χ0v) is 16.7. The largest absolute Gasteiger partial charge is 0.271 e. The van der Waals surface area contributed by atoms with Gasteiger partial charge in [-0.3, -0.25) is 9.10 Å². The van der Waals surface area contributed by atoms with E-state index in [1.54, 1.807) is 12.1 Å². The molecule has 1 fully saturated rings. The highest BCUT2D eigenvalue weighted by atomic mass is 32.2. The van der Waals surface area contributed by atoms with E-state index >= 15 is 0 Å². The second-order valence-corrected chi connectivity index (χ2v) is 9.00. The minimum Gasteiger partial charge on any atom is -0.271 e. The highest BCUT2D eigenvalue weighted by Gasteiger charge is 2.21. The van der Waals surface area contributed by atoms with E-state index in [0.717, 1.165) is 53.1 Å². The summed E-state index contributed by atoms with van der Waals surface area (Å²) in [6.07, 6.45) is 8.74. The lowest BCUT2D eigenvalue weighted by molar-refractivity contribution is -0.119. The fourth-order valence-corrected chi connectivity index (χ4v) is 4.07. The molecule has 7 heteroatoms. The van der Waals surface area contributed by atoms with Gasteiger partial charge in [-0.25, -0.2) is 13.8 Å². The van der Waals surface area contributed by atoms with Gasteiger partial charge in [0.1, 0.15) is 6.54 Å². The van der Waals surface area contributed by atoms with Crippen LogP contribution in [0.4, 0.5) is 5.69 Å². The zero-order chi connectivity index (χ0) is 19.2. The van der Waals surface area contributed by atoms with E-state index in [1.165, 1.54) is 19.3 Å². The summed E-state index contributed by atoms with van der Waals surface area (Å²) in [4.78, 5) is 12.3. The summed E-state index contributed by atoms with van der Waals surface area (Å²) >= 11 is 0. The highest BCUT2D eigenvalue weighted by Crippen LogP contribution is 2.21. The molecule has 0 atom stereocenters. The Bertz CT molecular complexity index is 742. The molecule has 0 unspecified atom stereocenters. The molecule has 1 amide bonds. The van der Waals surface area contributed by atoms with Crippen LogP contribution in [-0.4, -0.2) is 32.8 Å². The number of sulfonamides is 1. The SMILES string of the molecule is Cc1cc(C)cc(N(CC(=O)NN=C2CCCCCCC2)S(C)(=O)=O)c1. The Morgan fingerprint density at radius 3 is 2.12 bits per heavy atom. The summed E-state index contributed by atoms with van der Waals surface area (Å²) in [5.41, 5.74) is 5.94. The first-order valence-corrected chi connectivity index (χ1v) is 11.0. The van der Waals surface area contributed by atoms with Crippen LogP contribution in [0, 0.1) is 13.8 Å². The van der Waals surface area contributed by atoms with Crippen LogP contribution in [0.2, 0.25) is 0 Å². The molecule has 0 aliphatic heterocycles. The molecular weight excluding hydrogens is 350 g/mol. The lowest BCUT2D eigenvalue weighted by atomic mass is 9.99. The molecule has 0 aromatic heterocycles. The summed E-state index contributed by atoms with van der Waals surface area (Å²) in [6.45, 7) is 3.52. The van der Waals surface area contributed by atoms with Crippen molar-refractivity contribution in [3.63, 3.8) is 0 Å². The van der Waals surface area contributed by atoms with E-state index in [0.29, 0.717) is 5.69 Å². The molecule has 2 rings (SSSR count). The van der Waals surface area contributed by atoms with Crippen molar-refractivity contribution < 1.29 is 13.2 Å². The van der Waals surface area contributed by atoms with Crippen molar-refractivity contribution in [3.05, 3.63) is 29.3 Å². The maximum absolute atomic E-state index is 12.3. The van der Waals surface area contributed by atoms with E-state index in [1.807, 2.05) is 19.9 Å². The molecule has 0 bridgehead atoms. The molecule has 1 aliphatic rings. The molecule has 1 saturated carbocycles. The molecule has 6 nitrogen and oxygen atoms in total. The third kappa shape index (κ3) is 6.44. The third-order valence-corrected chi connectivity index (χ3v) is 5.59. The van der Waals surface area contributed by atoms with Gasteiger partial charge in [0, 0.05) is 5.71 Å². The van der Waals surface area contributed by atoms with Crippen molar-refractivity contribution in [1.82, 2.24) is 5.43 Å². The Balaban J connectivity index is 2.09. The molecule has 1 aromatic carbocycles. The Kier molecular flexibility index (Phi) is 7.20. The first-order valence-electron chi connectivity index (χ1n) is 9.16. The maximum Gasteiger partial charge on any atom is 0.260 e. The monoisotopic (exact) mass is 379 g/mol. The van der Waals surface area contributed by atoms with Crippen molar-refractivity contribution in [2.75, 3.05) is 17.1 Å². The number of carbonyl (C=O) groups is 1. The Morgan fingerprint density at radius 2 is 1.58 bits per heavy atom. The normalized spacial score (nSPS) is 15.7. The molecule has 0 radical (unpaired) electrons. The number of benzene rings is 1. The molecule has 0 spiro atoms. The molecule has 26 heavy (non-hydrogen) atoms. The van der Waals surface area contributed by atoms with Gasteiger partial charge in [-0.05, 0) is 62.8 Å². The van der Waals surface area contributed by atoms with E-state index in [9.17, 15) is 13.2 Å². The number of hydrazone groups is 1. The van der Waals surface area contributed by atoms with Gasteiger partial charge in [0.25, 0.3) is 5.91 Å². The smallest absolute Gasteiger partial charge is 0.260 e. The number of anilines is 1. The number of amides is 1. The van der Waals surface area contributed by atoms with Crippen LogP contribution in [0.3, 0.4) is 0 Å². The van der Waals surface area contributed by atoms with Crippen LogP contribution in [0.25, 0.3) is 0 Å². The van der Waals surface area contributed by atoms with Gasteiger partial charge >= 0.3 is 0 Å². The zero-order valence-electron chi connectivity index (χ0n) is 15.9. The number of nitrogens with one attached hydrogen (secondary N) is 1. The molecule has 1 aliphatic carbocycles. The number of nitrogens with zero attached hydrogens (tertiary/aromatic N) is 2. The van der Waals surface area contributed by atoms with Crippen molar-refractivity contribution in [1.29, 1.82) is 0 Å². The third-order valence-electron chi connectivity index (χ3n) is 4.45. The number of aryl methyl sites for hydroxylation is 2. The van der Waals surface area contributed by atoms with Crippen LogP contribution in [0.5, 0.6) is 0 Å². The highest BCUT2D eigenvalue weighted by molar-refractivity contribution is 7.92. The van der Waals surface area contributed by atoms with Crippen molar-refractivity contribution in [2.45, 2.75) is 58.8 Å². The molecule has 144 valence electrons. The quantitative estimate of drug-likeness (QED) is 0.797. The van der Waals surface area contributed by atoms with Crippen molar-refractivity contribution >= 4 is 27.3 Å². The van der Waals surface area contributed by atoms with Crippen molar-refractivity contribution in [3.8, 4) is 0 Å². The standard InChI is InChI=1S/C19H29N3O3S/c1-15-11-16(2)13-18(12-15)22(26(3,24)25)14-19(23)21-20-17-9-7-5-4-6-8-10-17/h11-13H,4-10,14H2,1-3H3,(H,21,23). The maximum atomic E-state index is 12.3. The lowest BCUT2D eigenvalue weighted by Gasteiger charge is -2.22.